The van der Waals surface area contributed by atoms with Gasteiger partial charge in [0.2, 0.25) is 0 Å². The number of fused-ring (bicyclic) bond motifs is 1. The number of esters is 2. The molecule has 2 bridgehead atoms. The van der Waals surface area contributed by atoms with Crippen molar-refractivity contribution >= 4 is 11.9 Å². The Balaban J connectivity index is 1.32. The maximum absolute atomic E-state index is 14.1. The molecule has 0 amide bonds. The van der Waals surface area contributed by atoms with Gasteiger partial charge in [-0.05, 0) is 111 Å². The van der Waals surface area contributed by atoms with Gasteiger partial charge in [-0.2, -0.15) is 0 Å². The van der Waals surface area contributed by atoms with Gasteiger partial charge >= 0.3 is 11.9 Å². The number of rotatable bonds is 6. The summed E-state index contributed by atoms with van der Waals surface area (Å²) >= 11 is 0. The molecule has 3 aliphatic heterocycles. The van der Waals surface area contributed by atoms with E-state index in [4.69, 9.17) is 15.2 Å². The Morgan fingerprint density at radius 3 is 2.67 bits per heavy atom. The van der Waals surface area contributed by atoms with E-state index in [1.807, 2.05) is 6.08 Å². The number of unbranched alkanes of at least 4 members (excludes halogenated alkanes) is 1. The van der Waals surface area contributed by atoms with E-state index in [2.05, 4.69) is 31.3 Å². The summed E-state index contributed by atoms with van der Waals surface area (Å²) in [5.41, 5.74) is 12.6. The average Bonchev–Trinajstić information content (AvgIpc) is 3.69. The van der Waals surface area contributed by atoms with Crippen LogP contribution in [-0.2, 0) is 19.1 Å². The number of allylic oxidation sites excluding steroid dienone is 7. The highest BCUT2D eigenvalue weighted by molar-refractivity contribution is 6.00. The molecule has 2 saturated carbocycles. The first-order valence-electron chi connectivity index (χ1n) is 16.7. The summed E-state index contributed by atoms with van der Waals surface area (Å²) < 4.78 is 12.6. The summed E-state index contributed by atoms with van der Waals surface area (Å²) in [6, 6.07) is 0. The van der Waals surface area contributed by atoms with Crippen molar-refractivity contribution in [3.63, 3.8) is 0 Å². The smallest absolute Gasteiger partial charge is 0.340 e. The summed E-state index contributed by atoms with van der Waals surface area (Å²) in [6.45, 7) is 5.18. The van der Waals surface area contributed by atoms with Crippen LogP contribution >= 0.6 is 0 Å². The molecule has 42 heavy (non-hydrogen) atoms. The number of nitrogens with one attached hydrogen (secondary N) is 1. The number of cyclic esters (lactones) is 1. The van der Waals surface area contributed by atoms with Gasteiger partial charge in [0.1, 0.15) is 11.5 Å². The van der Waals surface area contributed by atoms with Crippen LogP contribution in [0.4, 0.5) is 0 Å². The molecule has 3 fully saturated rings. The minimum atomic E-state index is -0.571. The lowest BCUT2D eigenvalue weighted by Gasteiger charge is -2.57. The molecule has 9 rings (SSSR count). The van der Waals surface area contributed by atoms with Gasteiger partial charge in [0.15, 0.2) is 0 Å². The fourth-order valence-electron chi connectivity index (χ4n) is 10.8. The lowest BCUT2D eigenvalue weighted by atomic mass is 9.43. The molecule has 222 valence electrons. The zero-order valence-corrected chi connectivity index (χ0v) is 25.2. The zero-order chi connectivity index (χ0) is 28.8. The standard InChI is InChI=1S/C36H44N2O4/c1-3-5-8-26-36-15-11-22(23(31(36)34(40)41-26)17-20-12-16-38-27(37)18-20)24-19-21-9-10-25(35(4-2)13-6-7-14-35)32-28(21)29(30(24)36)33(39)42-32/h8,12,18,21-22,24,30,38H,3-7,9-11,13-17,19,37H2,1-2H3. The van der Waals surface area contributed by atoms with Crippen LogP contribution in [0.3, 0.4) is 0 Å². The zero-order valence-electron chi connectivity index (χ0n) is 25.2. The van der Waals surface area contributed by atoms with Crippen LogP contribution in [0.5, 0.6) is 0 Å². The molecule has 0 aromatic rings. The van der Waals surface area contributed by atoms with Gasteiger partial charge in [-0.15, -0.1) is 0 Å². The van der Waals surface area contributed by atoms with Gasteiger partial charge in [0.05, 0.1) is 16.8 Å². The lowest BCUT2D eigenvalue weighted by Crippen LogP contribution is -2.53. The van der Waals surface area contributed by atoms with Crippen molar-refractivity contribution in [3.8, 4) is 0 Å². The van der Waals surface area contributed by atoms with Gasteiger partial charge in [-0.1, -0.05) is 44.8 Å². The number of carbonyl (C=O) groups is 2. The van der Waals surface area contributed by atoms with Crippen molar-refractivity contribution in [2.24, 2.45) is 40.2 Å². The molecular weight excluding hydrogens is 524 g/mol. The highest BCUT2D eigenvalue weighted by Gasteiger charge is 2.69. The van der Waals surface area contributed by atoms with Crippen LogP contribution in [0.25, 0.3) is 0 Å². The van der Waals surface area contributed by atoms with Crippen LogP contribution in [0.2, 0.25) is 0 Å². The first-order valence-corrected chi connectivity index (χ1v) is 16.7. The van der Waals surface area contributed by atoms with Crippen LogP contribution in [-0.4, -0.2) is 18.5 Å². The maximum atomic E-state index is 14.1. The molecule has 3 N–H and O–H groups in total. The summed E-state index contributed by atoms with van der Waals surface area (Å²) in [4.78, 5) is 28.0. The third kappa shape index (κ3) is 3.44. The predicted octanol–water partition coefficient (Wildman–Crippen LogP) is 6.78. The van der Waals surface area contributed by atoms with Gasteiger partial charge < -0.3 is 20.5 Å². The molecule has 0 radical (unpaired) electrons. The number of ether oxygens (including phenoxy) is 2. The van der Waals surface area contributed by atoms with Crippen LogP contribution in [0, 0.1) is 34.5 Å². The number of hydrogen-bond acceptors (Lipinski definition) is 6. The third-order valence-electron chi connectivity index (χ3n) is 12.5. The molecule has 6 heteroatoms. The normalized spacial score (nSPS) is 36.9. The summed E-state index contributed by atoms with van der Waals surface area (Å²) in [6.07, 6.45) is 20.1. The van der Waals surface area contributed by atoms with Gasteiger partial charge in [-0.25, -0.2) is 9.59 Å². The van der Waals surface area contributed by atoms with Crippen molar-refractivity contribution in [3.05, 3.63) is 69.0 Å². The summed E-state index contributed by atoms with van der Waals surface area (Å²) in [5, 5.41) is 3.18. The molecule has 6 aliphatic carbocycles. The van der Waals surface area contributed by atoms with Crippen molar-refractivity contribution in [1.82, 2.24) is 5.32 Å². The fraction of sp³-hybridized carbons (Fsp3) is 0.611. The van der Waals surface area contributed by atoms with Crippen LogP contribution in [0.15, 0.2) is 69.0 Å². The van der Waals surface area contributed by atoms with E-state index in [0.29, 0.717) is 24.2 Å². The number of nitrogens with two attached hydrogens (primary N) is 1. The molecule has 0 aromatic heterocycles. The Labute approximate surface area is 249 Å². The highest BCUT2D eigenvalue weighted by Crippen LogP contribution is 2.72. The van der Waals surface area contributed by atoms with E-state index in [0.717, 1.165) is 86.0 Å². The predicted molar refractivity (Wildman–Crippen MR) is 160 cm³/mol. The second kappa shape index (κ2) is 9.49. The molecule has 5 unspecified atom stereocenters. The van der Waals surface area contributed by atoms with Crippen molar-refractivity contribution in [2.75, 3.05) is 6.54 Å². The van der Waals surface area contributed by atoms with E-state index >= 15 is 0 Å². The van der Waals surface area contributed by atoms with Crippen molar-refractivity contribution in [1.29, 1.82) is 0 Å². The molecule has 0 aromatic carbocycles. The first-order chi connectivity index (χ1) is 20.4. The Kier molecular flexibility index (Phi) is 6.01. The van der Waals surface area contributed by atoms with E-state index in [-0.39, 0.29) is 29.2 Å². The van der Waals surface area contributed by atoms with Crippen LogP contribution < -0.4 is 11.1 Å². The largest absolute Gasteiger partial charge is 0.427 e. The molecule has 3 heterocycles. The van der Waals surface area contributed by atoms with Gasteiger partial charge in [-0.3, -0.25) is 0 Å². The maximum Gasteiger partial charge on any atom is 0.340 e. The number of hydrogen-bond donors (Lipinski definition) is 2. The van der Waals surface area contributed by atoms with Crippen LogP contribution in [0.1, 0.15) is 97.3 Å². The molecule has 6 nitrogen and oxygen atoms in total. The second-order valence-electron chi connectivity index (χ2n) is 14.2. The average molecular weight is 569 g/mol. The Morgan fingerprint density at radius 2 is 1.90 bits per heavy atom. The Bertz CT molecular complexity index is 1460. The number of dihydropyridines is 1. The SMILES string of the molecule is CCCC=C1OC(=O)C2=C(CC3=CCNC(N)=C3)C3CCC12C1C2=C4C(=C(C5(CC)CCCC5)CCC4CC31)OC2=O. The fourth-order valence-corrected chi connectivity index (χ4v) is 10.8. The third-order valence-corrected chi connectivity index (χ3v) is 12.5. The molecule has 5 atom stereocenters. The summed E-state index contributed by atoms with van der Waals surface area (Å²) in [5.74, 6) is 2.97. The van der Waals surface area contributed by atoms with E-state index < -0.39 is 5.41 Å². The van der Waals surface area contributed by atoms with Crippen molar-refractivity contribution < 1.29 is 19.1 Å². The van der Waals surface area contributed by atoms with E-state index in [9.17, 15) is 9.59 Å². The highest BCUT2D eigenvalue weighted by atomic mass is 16.6. The Morgan fingerprint density at radius 1 is 1.07 bits per heavy atom. The molecule has 9 aliphatic rings. The molecular formula is C36H44N2O4. The topological polar surface area (TPSA) is 90.7 Å². The lowest BCUT2D eigenvalue weighted by molar-refractivity contribution is -0.135. The second-order valence-corrected chi connectivity index (χ2v) is 14.2. The number of carbonyl (C=O) groups excluding carboxylic acids is 2. The molecule has 1 spiro atoms. The van der Waals surface area contributed by atoms with E-state index in [1.165, 1.54) is 42.4 Å². The monoisotopic (exact) mass is 568 g/mol. The Hall–Kier alpha value is -3.02. The summed E-state index contributed by atoms with van der Waals surface area (Å²) in [7, 11) is 0. The first kappa shape index (κ1) is 26.6. The quantitative estimate of drug-likeness (QED) is 0.344. The van der Waals surface area contributed by atoms with Gasteiger partial charge in [0.25, 0.3) is 0 Å². The van der Waals surface area contributed by atoms with Crippen molar-refractivity contribution in [2.45, 2.75) is 97.3 Å². The minimum Gasteiger partial charge on any atom is -0.427 e. The molecule has 1 saturated heterocycles. The van der Waals surface area contributed by atoms with Gasteiger partial charge in [0, 0.05) is 23.6 Å². The van der Waals surface area contributed by atoms with E-state index in [1.54, 1.807) is 0 Å². The minimum absolute atomic E-state index is 0.0519.